The molecule has 2 fully saturated rings. The molecule has 74 valence electrons. The van der Waals surface area contributed by atoms with Crippen LogP contribution in [0.25, 0.3) is 0 Å². The van der Waals surface area contributed by atoms with Crippen LogP contribution < -0.4 is 5.32 Å². The molecule has 0 amide bonds. The maximum atomic E-state index is 11.4. The summed E-state index contributed by atoms with van der Waals surface area (Å²) in [6.07, 6.45) is 4.78. The Morgan fingerprint density at radius 1 is 1.62 bits per heavy atom. The summed E-state index contributed by atoms with van der Waals surface area (Å²) < 4.78 is 5.01. The maximum absolute atomic E-state index is 11.4. The van der Waals surface area contributed by atoms with Crippen LogP contribution in [0.5, 0.6) is 0 Å². The first-order valence-corrected chi connectivity index (χ1v) is 5.17. The van der Waals surface area contributed by atoms with E-state index in [0.717, 1.165) is 13.0 Å². The van der Waals surface area contributed by atoms with Crippen LogP contribution in [-0.4, -0.2) is 24.7 Å². The van der Waals surface area contributed by atoms with E-state index in [4.69, 9.17) is 4.74 Å². The van der Waals surface area contributed by atoms with Crippen molar-refractivity contribution in [2.75, 3.05) is 13.2 Å². The lowest BCUT2D eigenvalue weighted by Gasteiger charge is -2.38. The van der Waals surface area contributed by atoms with Crippen molar-refractivity contribution in [3.05, 3.63) is 0 Å². The largest absolute Gasteiger partial charge is 0.466 e. The monoisotopic (exact) mass is 183 g/mol. The quantitative estimate of drug-likeness (QED) is 0.651. The fraction of sp³-hybridized carbons (Fsp3) is 0.900. The number of carbonyl (C=O) groups excluding carboxylic acids is 1. The minimum Gasteiger partial charge on any atom is -0.466 e. The van der Waals surface area contributed by atoms with Gasteiger partial charge < -0.3 is 10.1 Å². The van der Waals surface area contributed by atoms with Crippen LogP contribution in [0.4, 0.5) is 0 Å². The Morgan fingerprint density at radius 2 is 2.38 bits per heavy atom. The molecule has 13 heavy (non-hydrogen) atoms. The second-order valence-corrected chi connectivity index (χ2v) is 4.17. The van der Waals surface area contributed by atoms with Crippen molar-refractivity contribution in [1.29, 1.82) is 0 Å². The Balaban J connectivity index is 1.87. The van der Waals surface area contributed by atoms with E-state index in [1.807, 2.05) is 6.92 Å². The molecule has 1 saturated heterocycles. The van der Waals surface area contributed by atoms with E-state index in [1.165, 1.54) is 19.3 Å². The topological polar surface area (TPSA) is 38.3 Å². The summed E-state index contributed by atoms with van der Waals surface area (Å²) in [5, 5.41) is 3.46. The number of esters is 1. The highest BCUT2D eigenvalue weighted by atomic mass is 16.5. The number of carbonyl (C=O) groups is 1. The molecule has 1 aliphatic carbocycles. The van der Waals surface area contributed by atoms with Gasteiger partial charge in [0, 0.05) is 12.1 Å². The Hall–Kier alpha value is -0.570. The summed E-state index contributed by atoms with van der Waals surface area (Å²) in [6.45, 7) is 3.18. The highest BCUT2D eigenvalue weighted by molar-refractivity contribution is 5.73. The lowest BCUT2D eigenvalue weighted by Crippen LogP contribution is -2.45. The SMILES string of the molecule is CCOC(=O)C1CNC2(CCC2)C1. The zero-order valence-corrected chi connectivity index (χ0v) is 8.14. The van der Waals surface area contributed by atoms with Gasteiger partial charge in [-0.1, -0.05) is 0 Å². The summed E-state index contributed by atoms with van der Waals surface area (Å²) in [4.78, 5) is 11.4. The molecule has 1 N–H and O–H groups in total. The van der Waals surface area contributed by atoms with Crippen LogP contribution in [0.15, 0.2) is 0 Å². The molecule has 2 aliphatic rings. The van der Waals surface area contributed by atoms with Crippen LogP contribution in [-0.2, 0) is 9.53 Å². The molecule has 2 rings (SSSR count). The molecule has 0 aromatic rings. The lowest BCUT2D eigenvalue weighted by atomic mass is 9.74. The summed E-state index contributed by atoms with van der Waals surface area (Å²) in [5.41, 5.74) is 0.317. The summed E-state index contributed by atoms with van der Waals surface area (Å²) in [5.74, 6) is 0.0963. The number of nitrogens with one attached hydrogen (secondary N) is 1. The van der Waals surface area contributed by atoms with Crippen molar-refractivity contribution in [3.8, 4) is 0 Å². The van der Waals surface area contributed by atoms with Crippen molar-refractivity contribution < 1.29 is 9.53 Å². The molecule has 3 nitrogen and oxygen atoms in total. The van der Waals surface area contributed by atoms with E-state index in [-0.39, 0.29) is 11.9 Å². The van der Waals surface area contributed by atoms with E-state index < -0.39 is 0 Å². The second-order valence-electron chi connectivity index (χ2n) is 4.17. The zero-order valence-electron chi connectivity index (χ0n) is 8.14. The van der Waals surface area contributed by atoms with Crippen molar-refractivity contribution in [1.82, 2.24) is 5.32 Å². The van der Waals surface area contributed by atoms with Gasteiger partial charge in [-0.15, -0.1) is 0 Å². The lowest BCUT2D eigenvalue weighted by molar-refractivity contribution is -0.147. The molecule has 0 aromatic carbocycles. The predicted molar refractivity (Wildman–Crippen MR) is 49.3 cm³/mol. The first-order chi connectivity index (χ1) is 6.26. The van der Waals surface area contributed by atoms with Gasteiger partial charge in [0.15, 0.2) is 0 Å². The average Bonchev–Trinajstić information content (AvgIpc) is 2.47. The zero-order chi connectivity index (χ0) is 9.31. The van der Waals surface area contributed by atoms with Crippen LogP contribution in [0.3, 0.4) is 0 Å². The van der Waals surface area contributed by atoms with Gasteiger partial charge in [-0.25, -0.2) is 0 Å². The van der Waals surface area contributed by atoms with E-state index in [2.05, 4.69) is 5.32 Å². The molecular formula is C10H17NO2. The Bertz CT molecular complexity index is 211. The van der Waals surface area contributed by atoms with Crippen LogP contribution in [0, 0.1) is 5.92 Å². The van der Waals surface area contributed by atoms with Crippen molar-refractivity contribution in [2.24, 2.45) is 5.92 Å². The Labute approximate surface area is 78.8 Å². The first-order valence-electron chi connectivity index (χ1n) is 5.17. The average molecular weight is 183 g/mol. The molecule has 3 heteroatoms. The Morgan fingerprint density at radius 3 is 2.85 bits per heavy atom. The number of hydrogen-bond donors (Lipinski definition) is 1. The summed E-state index contributed by atoms with van der Waals surface area (Å²) >= 11 is 0. The number of rotatable bonds is 2. The minimum absolute atomic E-state index is 0.0150. The summed E-state index contributed by atoms with van der Waals surface area (Å²) in [7, 11) is 0. The van der Waals surface area contributed by atoms with Gasteiger partial charge in [0.05, 0.1) is 12.5 Å². The highest BCUT2D eigenvalue weighted by Crippen LogP contribution is 2.41. The van der Waals surface area contributed by atoms with Crippen LogP contribution in [0.2, 0.25) is 0 Å². The third-order valence-electron chi connectivity index (χ3n) is 3.29. The van der Waals surface area contributed by atoms with E-state index >= 15 is 0 Å². The minimum atomic E-state index is -0.0150. The molecule has 0 aromatic heterocycles. The first kappa shape index (κ1) is 9.00. The van der Waals surface area contributed by atoms with E-state index in [0.29, 0.717) is 12.1 Å². The van der Waals surface area contributed by atoms with Crippen molar-refractivity contribution >= 4 is 5.97 Å². The van der Waals surface area contributed by atoms with Crippen molar-refractivity contribution in [3.63, 3.8) is 0 Å². The third-order valence-corrected chi connectivity index (χ3v) is 3.29. The molecule has 0 bridgehead atoms. The van der Waals surface area contributed by atoms with Crippen LogP contribution in [0.1, 0.15) is 32.6 Å². The maximum Gasteiger partial charge on any atom is 0.310 e. The fourth-order valence-electron chi connectivity index (χ4n) is 2.37. The molecule has 1 spiro atoms. The standard InChI is InChI=1S/C10H17NO2/c1-2-13-9(12)8-6-10(11-7-8)4-3-5-10/h8,11H,2-7H2,1H3. The number of ether oxygens (including phenoxy) is 1. The predicted octanol–water partition coefficient (Wildman–Crippen LogP) is 1.08. The number of hydrogen-bond acceptors (Lipinski definition) is 3. The van der Waals surface area contributed by atoms with Gasteiger partial charge in [-0.05, 0) is 32.6 Å². The van der Waals surface area contributed by atoms with E-state index in [1.54, 1.807) is 0 Å². The van der Waals surface area contributed by atoms with Crippen LogP contribution >= 0.6 is 0 Å². The molecule has 0 radical (unpaired) electrons. The molecule has 1 aliphatic heterocycles. The molecule has 1 heterocycles. The fourth-order valence-corrected chi connectivity index (χ4v) is 2.37. The molecule has 1 atom stereocenters. The smallest absolute Gasteiger partial charge is 0.310 e. The second kappa shape index (κ2) is 3.29. The van der Waals surface area contributed by atoms with Gasteiger partial charge in [0.2, 0.25) is 0 Å². The Kier molecular flexibility index (Phi) is 2.28. The van der Waals surface area contributed by atoms with Gasteiger partial charge in [0.25, 0.3) is 0 Å². The normalized spacial score (nSPS) is 30.1. The third kappa shape index (κ3) is 1.57. The van der Waals surface area contributed by atoms with E-state index in [9.17, 15) is 4.79 Å². The molecular weight excluding hydrogens is 166 g/mol. The molecule has 1 saturated carbocycles. The van der Waals surface area contributed by atoms with Gasteiger partial charge in [-0.2, -0.15) is 0 Å². The van der Waals surface area contributed by atoms with Crippen molar-refractivity contribution in [2.45, 2.75) is 38.1 Å². The van der Waals surface area contributed by atoms with Gasteiger partial charge in [-0.3, -0.25) is 4.79 Å². The highest BCUT2D eigenvalue weighted by Gasteiger charge is 2.45. The van der Waals surface area contributed by atoms with Gasteiger partial charge in [0.1, 0.15) is 0 Å². The molecule has 1 unspecified atom stereocenters. The summed E-state index contributed by atoms with van der Waals surface area (Å²) in [6, 6.07) is 0. The van der Waals surface area contributed by atoms with Gasteiger partial charge >= 0.3 is 5.97 Å².